The van der Waals surface area contributed by atoms with E-state index in [1.54, 1.807) is 38.7 Å². The van der Waals surface area contributed by atoms with Gasteiger partial charge in [-0.05, 0) is 71.4 Å². The number of aromatic nitrogens is 4. The largest absolute Gasteiger partial charge is 0.489 e. The Morgan fingerprint density at radius 2 is 1.89 bits per heavy atom. The topological polar surface area (TPSA) is 146 Å². The van der Waals surface area contributed by atoms with Crippen molar-refractivity contribution >= 4 is 17.3 Å². The van der Waals surface area contributed by atoms with E-state index in [-0.39, 0.29) is 30.5 Å². The van der Waals surface area contributed by atoms with Crippen LogP contribution in [0.25, 0.3) is 5.52 Å². The molecule has 0 radical (unpaired) electrons. The number of nitrogens with zero attached hydrogens (tertiary/aromatic N) is 4. The van der Waals surface area contributed by atoms with Crippen molar-refractivity contribution in [2.24, 2.45) is 12.8 Å². The van der Waals surface area contributed by atoms with Crippen LogP contribution in [0.5, 0.6) is 11.6 Å². The molecule has 3 aromatic rings. The lowest BCUT2D eigenvalue weighted by atomic mass is 9.92. The third-order valence-electron chi connectivity index (χ3n) is 7.31. The van der Waals surface area contributed by atoms with Gasteiger partial charge in [0.25, 0.3) is 11.8 Å². The number of hydrogen-bond donors (Lipinski definition) is 3. The predicted molar refractivity (Wildman–Crippen MR) is 140 cm³/mol. The van der Waals surface area contributed by atoms with Crippen LogP contribution in [0.2, 0.25) is 0 Å². The van der Waals surface area contributed by atoms with Gasteiger partial charge < -0.3 is 25.6 Å². The number of aryl methyl sites for hydroxylation is 1. The smallest absolute Gasteiger partial charge is 0.256 e. The first-order chi connectivity index (χ1) is 18.0. The van der Waals surface area contributed by atoms with Crippen LogP contribution in [-0.2, 0) is 7.05 Å². The number of carbonyl (C=O) groups is 2. The summed E-state index contributed by atoms with van der Waals surface area (Å²) in [5.74, 6) is 0.583. The molecule has 5 rings (SSSR count). The second-order valence-electron chi connectivity index (χ2n) is 11.1. The van der Waals surface area contributed by atoms with Crippen molar-refractivity contribution in [2.45, 2.75) is 83.0 Å². The molecule has 0 saturated heterocycles. The van der Waals surface area contributed by atoms with Crippen LogP contribution in [0.15, 0.2) is 18.3 Å². The zero-order valence-corrected chi connectivity index (χ0v) is 22.4. The molecule has 38 heavy (non-hydrogen) atoms. The van der Waals surface area contributed by atoms with Gasteiger partial charge in [-0.2, -0.15) is 5.10 Å². The standard InChI is InChI=1S/C27H36N6O5/c1-15-22(24(28)34)26(31-32(15)4)38-18-9-7-17(8-10-18)30-25(35)19-13-29-33-20(19)11-12-21(23(33)16-5-6-16)37-14-27(2,3)36/h11-13,16-18,36H,5-10,14H2,1-4H3,(H2,28,34)(H,30,35). The third kappa shape index (κ3) is 5.33. The van der Waals surface area contributed by atoms with E-state index in [0.29, 0.717) is 28.5 Å². The van der Waals surface area contributed by atoms with Crippen molar-refractivity contribution in [1.82, 2.24) is 24.7 Å². The highest BCUT2D eigenvalue weighted by molar-refractivity contribution is 6.01. The summed E-state index contributed by atoms with van der Waals surface area (Å²) >= 11 is 0. The van der Waals surface area contributed by atoms with Gasteiger partial charge in [0.1, 0.15) is 24.0 Å². The molecule has 0 aromatic carbocycles. The summed E-state index contributed by atoms with van der Waals surface area (Å²) < 4.78 is 15.4. The molecule has 0 unspecified atom stereocenters. The number of fused-ring (bicyclic) bond motifs is 1. The highest BCUT2D eigenvalue weighted by Crippen LogP contribution is 2.44. The number of primary amides is 1. The van der Waals surface area contributed by atoms with Gasteiger partial charge in [0.2, 0.25) is 5.88 Å². The zero-order valence-electron chi connectivity index (χ0n) is 22.4. The van der Waals surface area contributed by atoms with E-state index in [0.717, 1.165) is 49.7 Å². The van der Waals surface area contributed by atoms with E-state index in [1.807, 2.05) is 16.6 Å². The Hall–Kier alpha value is -3.60. The van der Waals surface area contributed by atoms with Crippen LogP contribution in [0.4, 0.5) is 0 Å². The minimum absolute atomic E-state index is 0.00988. The number of amides is 2. The molecule has 2 aliphatic carbocycles. The van der Waals surface area contributed by atoms with Gasteiger partial charge in [-0.25, -0.2) is 4.52 Å². The predicted octanol–water partition coefficient (Wildman–Crippen LogP) is 2.62. The third-order valence-corrected chi connectivity index (χ3v) is 7.31. The minimum atomic E-state index is -0.949. The minimum Gasteiger partial charge on any atom is -0.489 e. The number of nitrogens with two attached hydrogens (primary N) is 1. The fourth-order valence-electron chi connectivity index (χ4n) is 5.03. The van der Waals surface area contributed by atoms with Crippen molar-refractivity contribution in [3.8, 4) is 11.6 Å². The van der Waals surface area contributed by atoms with E-state index in [2.05, 4.69) is 15.5 Å². The fraction of sp³-hybridized carbons (Fsp3) is 0.556. The molecule has 2 saturated carbocycles. The zero-order chi connectivity index (χ0) is 27.2. The Kier molecular flexibility index (Phi) is 6.81. The molecular weight excluding hydrogens is 488 g/mol. The van der Waals surface area contributed by atoms with E-state index >= 15 is 0 Å². The summed E-state index contributed by atoms with van der Waals surface area (Å²) in [6, 6.07) is 3.73. The second-order valence-corrected chi connectivity index (χ2v) is 11.1. The molecule has 0 aliphatic heterocycles. The Morgan fingerprint density at radius 1 is 1.18 bits per heavy atom. The molecule has 3 aromatic heterocycles. The van der Waals surface area contributed by atoms with Gasteiger partial charge in [-0.15, -0.1) is 5.10 Å². The summed E-state index contributed by atoms with van der Waals surface area (Å²) in [5.41, 5.74) is 7.77. The number of hydrogen-bond acceptors (Lipinski definition) is 7. The molecule has 0 bridgehead atoms. The molecule has 3 heterocycles. The normalized spacial score (nSPS) is 19.9. The molecule has 0 atom stereocenters. The molecule has 204 valence electrons. The maximum absolute atomic E-state index is 13.2. The molecule has 11 nitrogen and oxygen atoms in total. The number of aliphatic hydroxyl groups is 1. The van der Waals surface area contributed by atoms with Crippen LogP contribution in [0.1, 0.15) is 90.4 Å². The first kappa shape index (κ1) is 26.0. The average molecular weight is 525 g/mol. The van der Waals surface area contributed by atoms with Crippen molar-refractivity contribution in [3.05, 3.63) is 40.8 Å². The van der Waals surface area contributed by atoms with Crippen LogP contribution in [0.3, 0.4) is 0 Å². The summed E-state index contributed by atoms with van der Waals surface area (Å²) in [5, 5.41) is 22.1. The van der Waals surface area contributed by atoms with Crippen LogP contribution >= 0.6 is 0 Å². The van der Waals surface area contributed by atoms with Gasteiger partial charge in [-0.1, -0.05) is 0 Å². The maximum Gasteiger partial charge on any atom is 0.256 e. The van der Waals surface area contributed by atoms with Crippen molar-refractivity contribution in [3.63, 3.8) is 0 Å². The molecule has 0 spiro atoms. The maximum atomic E-state index is 13.2. The number of nitrogens with one attached hydrogen (secondary N) is 1. The summed E-state index contributed by atoms with van der Waals surface area (Å²) in [7, 11) is 1.75. The van der Waals surface area contributed by atoms with E-state index in [1.165, 1.54) is 0 Å². The van der Waals surface area contributed by atoms with Crippen LogP contribution < -0.4 is 20.5 Å². The number of ether oxygens (including phenoxy) is 2. The van der Waals surface area contributed by atoms with Crippen molar-refractivity contribution in [2.75, 3.05) is 6.61 Å². The number of pyridine rings is 1. The summed E-state index contributed by atoms with van der Waals surface area (Å²) in [6.07, 6.45) is 6.54. The van der Waals surface area contributed by atoms with E-state index in [9.17, 15) is 14.7 Å². The van der Waals surface area contributed by atoms with Crippen LogP contribution in [0, 0.1) is 6.92 Å². The van der Waals surface area contributed by atoms with Gasteiger partial charge in [-0.3, -0.25) is 14.3 Å². The monoisotopic (exact) mass is 524 g/mol. The van der Waals surface area contributed by atoms with Crippen molar-refractivity contribution < 1.29 is 24.2 Å². The molecular formula is C27H36N6O5. The lowest BCUT2D eigenvalue weighted by Gasteiger charge is -2.29. The highest BCUT2D eigenvalue weighted by atomic mass is 16.5. The Bertz CT molecular complexity index is 1360. The SMILES string of the molecule is Cc1c(C(N)=O)c(OC2CCC(NC(=O)c3cnn4c(C5CC5)c(OCC(C)(C)O)ccc34)CC2)nn1C. The summed E-state index contributed by atoms with van der Waals surface area (Å²) in [4.78, 5) is 25.1. The molecule has 11 heteroatoms. The fourth-order valence-corrected chi connectivity index (χ4v) is 5.03. The van der Waals surface area contributed by atoms with E-state index < -0.39 is 11.5 Å². The Balaban J connectivity index is 1.23. The van der Waals surface area contributed by atoms with Crippen molar-refractivity contribution in [1.29, 1.82) is 0 Å². The first-order valence-electron chi connectivity index (χ1n) is 13.2. The number of carbonyl (C=O) groups excluding carboxylic acids is 2. The molecule has 2 aliphatic rings. The van der Waals surface area contributed by atoms with Gasteiger partial charge >= 0.3 is 0 Å². The van der Waals surface area contributed by atoms with E-state index in [4.69, 9.17) is 15.2 Å². The Morgan fingerprint density at radius 3 is 2.53 bits per heavy atom. The quantitative estimate of drug-likeness (QED) is 0.390. The lowest BCUT2D eigenvalue weighted by Crippen LogP contribution is -2.39. The second kappa shape index (κ2) is 9.94. The van der Waals surface area contributed by atoms with Gasteiger partial charge in [0.05, 0.1) is 34.3 Å². The van der Waals surface area contributed by atoms with Gasteiger partial charge in [0.15, 0.2) is 0 Å². The average Bonchev–Trinajstić information content (AvgIpc) is 3.53. The number of rotatable bonds is 9. The molecule has 2 fully saturated rings. The molecule has 2 amide bonds. The Labute approximate surface area is 221 Å². The highest BCUT2D eigenvalue weighted by Gasteiger charge is 2.32. The molecule has 4 N–H and O–H groups in total. The van der Waals surface area contributed by atoms with Crippen LogP contribution in [-0.4, -0.2) is 60.7 Å². The lowest BCUT2D eigenvalue weighted by molar-refractivity contribution is 0.0279. The summed E-state index contributed by atoms with van der Waals surface area (Å²) in [6.45, 7) is 5.36. The van der Waals surface area contributed by atoms with Gasteiger partial charge in [0, 0.05) is 19.0 Å². The first-order valence-corrected chi connectivity index (χ1v) is 13.2.